The summed E-state index contributed by atoms with van der Waals surface area (Å²) in [6, 6.07) is 6.96. The van der Waals surface area contributed by atoms with E-state index in [0.717, 1.165) is 18.6 Å². The van der Waals surface area contributed by atoms with Gasteiger partial charge >= 0.3 is 11.9 Å². The third-order valence-electron chi connectivity index (χ3n) is 3.86. The van der Waals surface area contributed by atoms with Crippen molar-refractivity contribution in [3.05, 3.63) is 35.9 Å². The zero-order chi connectivity index (χ0) is 19.3. The van der Waals surface area contributed by atoms with E-state index < -0.39 is 42.6 Å². The molecule has 5 atom stereocenters. The molecule has 8 heteroatoms. The van der Waals surface area contributed by atoms with Crippen molar-refractivity contribution in [1.29, 1.82) is 0 Å². The molecular weight excluding hydrogens is 344 g/mol. The van der Waals surface area contributed by atoms with Gasteiger partial charge in [0, 0.05) is 13.0 Å². The fourth-order valence-corrected chi connectivity index (χ4v) is 2.51. The Morgan fingerprint density at radius 2 is 1.77 bits per heavy atom. The van der Waals surface area contributed by atoms with E-state index in [1.54, 1.807) is 31.4 Å². The minimum atomic E-state index is -1.53. The number of carbonyl (C=O) groups excluding carboxylic acids is 2. The van der Waals surface area contributed by atoms with Crippen LogP contribution in [-0.2, 0) is 23.8 Å². The van der Waals surface area contributed by atoms with Crippen LogP contribution in [0.5, 0.6) is 5.75 Å². The van der Waals surface area contributed by atoms with Crippen LogP contribution >= 0.6 is 0 Å². The highest BCUT2D eigenvalue weighted by Crippen LogP contribution is 2.25. The molecule has 0 spiro atoms. The van der Waals surface area contributed by atoms with Crippen LogP contribution in [0.1, 0.15) is 19.4 Å². The molecule has 0 saturated carbocycles. The number of aliphatic hydroxyl groups excluding tert-OH is 2. The van der Waals surface area contributed by atoms with Gasteiger partial charge in [-0.15, -0.1) is 0 Å². The number of rotatable bonds is 5. The summed E-state index contributed by atoms with van der Waals surface area (Å²) in [6.45, 7) is 2.66. The molecule has 26 heavy (non-hydrogen) atoms. The summed E-state index contributed by atoms with van der Waals surface area (Å²) in [5.74, 6) is -0.780. The molecule has 1 saturated heterocycles. The van der Waals surface area contributed by atoms with Crippen LogP contribution in [0.4, 0.5) is 0 Å². The van der Waals surface area contributed by atoms with Gasteiger partial charge in [0.15, 0.2) is 18.5 Å². The lowest BCUT2D eigenvalue weighted by molar-refractivity contribution is -0.284. The molecule has 142 valence electrons. The van der Waals surface area contributed by atoms with Crippen molar-refractivity contribution in [2.24, 2.45) is 0 Å². The highest BCUT2D eigenvalue weighted by atomic mass is 16.7. The lowest BCUT2D eigenvalue weighted by atomic mass is 9.99. The molecule has 1 aromatic rings. The predicted octanol–water partition coefficient (Wildman–Crippen LogP) is 0.650. The lowest BCUT2D eigenvalue weighted by Gasteiger charge is -2.40. The number of hydrogen-bond acceptors (Lipinski definition) is 8. The first-order valence-electron chi connectivity index (χ1n) is 8.03. The summed E-state index contributed by atoms with van der Waals surface area (Å²) in [6.07, 6.45) is -3.48. The van der Waals surface area contributed by atoms with Crippen molar-refractivity contribution in [2.45, 2.75) is 44.6 Å². The second-order valence-corrected chi connectivity index (χ2v) is 5.80. The first kappa shape index (κ1) is 19.9. The number of esters is 2. The van der Waals surface area contributed by atoms with Gasteiger partial charge in [-0.2, -0.15) is 0 Å². The largest absolute Gasteiger partial charge is 0.497 e. The molecule has 1 aliphatic rings. The van der Waals surface area contributed by atoms with Gasteiger partial charge < -0.3 is 29.2 Å². The molecule has 1 aliphatic heterocycles. The SMILES string of the molecule is COc1ccc(C=CC(=O)O[C@@H]2[C@H](OC(C)=O)[C@@H](O)[C@H](C)O[C@H]2O)cc1. The molecule has 0 amide bonds. The zero-order valence-corrected chi connectivity index (χ0v) is 14.7. The smallest absolute Gasteiger partial charge is 0.331 e. The highest BCUT2D eigenvalue weighted by molar-refractivity contribution is 5.87. The summed E-state index contributed by atoms with van der Waals surface area (Å²) in [4.78, 5) is 23.3. The van der Waals surface area contributed by atoms with Crippen LogP contribution in [0.15, 0.2) is 30.3 Å². The van der Waals surface area contributed by atoms with Crippen molar-refractivity contribution in [2.75, 3.05) is 7.11 Å². The first-order chi connectivity index (χ1) is 12.3. The Morgan fingerprint density at radius 1 is 1.12 bits per heavy atom. The maximum atomic E-state index is 12.1. The monoisotopic (exact) mass is 366 g/mol. The molecule has 2 rings (SSSR count). The van der Waals surface area contributed by atoms with Crippen LogP contribution < -0.4 is 4.74 Å². The zero-order valence-electron chi connectivity index (χ0n) is 14.7. The number of benzene rings is 1. The van der Waals surface area contributed by atoms with Gasteiger partial charge in [-0.25, -0.2) is 4.79 Å². The molecule has 2 N–H and O–H groups in total. The molecule has 1 fully saturated rings. The lowest BCUT2D eigenvalue weighted by Crippen LogP contribution is -2.59. The Hall–Kier alpha value is -2.42. The van der Waals surface area contributed by atoms with Gasteiger partial charge in [-0.1, -0.05) is 12.1 Å². The Morgan fingerprint density at radius 3 is 2.35 bits per heavy atom. The molecule has 0 aromatic heterocycles. The van der Waals surface area contributed by atoms with E-state index in [0.29, 0.717) is 5.75 Å². The topological polar surface area (TPSA) is 112 Å². The normalized spacial score (nSPS) is 28.6. The van der Waals surface area contributed by atoms with Crippen LogP contribution in [0.25, 0.3) is 6.08 Å². The summed E-state index contributed by atoms with van der Waals surface area (Å²) in [7, 11) is 1.55. The predicted molar refractivity (Wildman–Crippen MR) is 90.0 cm³/mol. The molecule has 0 radical (unpaired) electrons. The standard InChI is InChI=1S/C18H22O8/c1-10-15(21)16(25-11(2)19)17(18(22)24-10)26-14(20)9-6-12-4-7-13(23-3)8-5-12/h4-10,15-18,21-22H,1-3H3/t10-,15-,16+,17+,18+/m0/s1. The van der Waals surface area contributed by atoms with Crippen LogP contribution in [0.3, 0.4) is 0 Å². The van der Waals surface area contributed by atoms with Crippen molar-refractivity contribution in [1.82, 2.24) is 0 Å². The summed E-state index contributed by atoms with van der Waals surface area (Å²) in [5, 5.41) is 20.1. The molecule has 0 aliphatic carbocycles. The highest BCUT2D eigenvalue weighted by Gasteiger charge is 2.47. The minimum absolute atomic E-state index is 0.676. The Balaban J connectivity index is 2.06. The minimum Gasteiger partial charge on any atom is -0.497 e. The van der Waals surface area contributed by atoms with Crippen LogP contribution in [0, 0.1) is 0 Å². The van der Waals surface area contributed by atoms with E-state index in [1.165, 1.54) is 13.0 Å². The molecule has 0 bridgehead atoms. The average Bonchev–Trinajstić information content (AvgIpc) is 2.61. The van der Waals surface area contributed by atoms with Crippen molar-refractivity contribution < 1.29 is 38.7 Å². The van der Waals surface area contributed by atoms with Gasteiger partial charge in [0.2, 0.25) is 0 Å². The van der Waals surface area contributed by atoms with E-state index in [1.807, 2.05) is 0 Å². The summed E-state index contributed by atoms with van der Waals surface area (Å²) in [5.41, 5.74) is 0.730. The fourth-order valence-electron chi connectivity index (χ4n) is 2.51. The molecule has 8 nitrogen and oxygen atoms in total. The Kier molecular flexibility index (Phi) is 6.73. The first-order valence-corrected chi connectivity index (χ1v) is 8.03. The second kappa shape index (κ2) is 8.79. The quantitative estimate of drug-likeness (QED) is 0.577. The van der Waals surface area contributed by atoms with Crippen LogP contribution in [0.2, 0.25) is 0 Å². The summed E-state index contributed by atoms with van der Waals surface area (Å²) >= 11 is 0. The fraction of sp³-hybridized carbons (Fsp3) is 0.444. The van der Waals surface area contributed by atoms with Gasteiger partial charge in [0.1, 0.15) is 11.9 Å². The summed E-state index contributed by atoms with van der Waals surface area (Å²) < 4.78 is 20.3. The molecule has 1 aromatic carbocycles. The molecule has 1 heterocycles. The molecule has 0 unspecified atom stereocenters. The number of methoxy groups -OCH3 is 1. The van der Waals surface area contributed by atoms with Gasteiger partial charge in [-0.3, -0.25) is 4.79 Å². The number of aliphatic hydroxyl groups is 2. The average molecular weight is 366 g/mol. The van der Waals surface area contributed by atoms with Crippen molar-refractivity contribution in [3.63, 3.8) is 0 Å². The maximum Gasteiger partial charge on any atom is 0.331 e. The van der Waals surface area contributed by atoms with E-state index in [2.05, 4.69) is 0 Å². The van der Waals surface area contributed by atoms with Crippen LogP contribution in [-0.4, -0.2) is 60.0 Å². The maximum absolute atomic E-state index is 12.1. The van der Waals surface area contributed by atoms with Gasteiger partial charge in [0.05, 0.1) is 13.2 Å². The van der Waals surface area contributed by atoms with Gasteiger partial charge in [0.25, 0.3) is 0 Å². The Bertz CT molecular complexity index is 654. The number of hydrogen-bond donors (Lipinski definition) is 2. The third kappa shape index (κ3) is 5.04. The third-order valence-corrected chi connectivity index (χ3v) is 3.86. The van der Waals surface area contributed by atoms with Crippen molar-refractivity contribution >= 4 is 18.0 Å². The Labute approximate surface area is 150 Å². The van der Waals surface area contributed by atoms with E-state index in [-0.39, 0.29) is 0 Å². The van der Waals surface area contributed by atoms with E-state index >= 15 is 0 Å². The van der Waals surface area contributed by atoms with E-state index in [9.17, 15) is 19.8 Å². The molecular formula is C18H22O8. The van der Waals surface area contributed by atoms with Crippen molar-refractivity contribution in [3.8, 4) is 5.75 Å². The second-order valence-electron chi connectivity index (χ2n) is 5.80. The number of carbonyl (C=O) groups is 2. The van der Waals surface area contributed by atoms with Gasteiger partial charge in [-0.05, 0) is 30.7 Å². The number of ether oxygens (including phenoxy) is 4. The van der Waals surface area contributed by atoms with E-state index in [4.69, 9.17) is 18.9 Å².